The Morgan fingerprint density at radius 2 is 2.29 bits per heavy atom. The summed E-state index contributed by atoms with van der Waals surface area (Å²) >= 11 is -2.18. The zero-order chi connectivity index (χ0) is 11.2. The SMILES string of the molecule is CC(CCN=[N+]=[N-])(CS(=O)O)C(=O)O. The van der Waals surface area contributed by atoms with Gasteiger partial charge in [0.2, 0.25) is 0 Å². The highest BCUT2D eigenvalue weighted by Crippen LogP contribution is 2.22. The predicted octanol–water partition coefficient (Wildman–Crippen LogP) is 0.999. The van der Waals surface area contributed by atoms with Gasteiger partial charge in [-0.2, -0.15) is 0 Å². The van der Waals surface area contributed by atoms with Crippen molar-refractivity contribution in [1.82, 2.24) is 0 Å². The number of carboxylic acid groups (broad SMARTS) is 1. The summed E-state index contributed by atoms with van der Waals surface area (Å²) in [6, 6.07) is 0. The smallest absolute Gasteiger partial charge is 0.310 e. The Hall–Kier alpha value is -1.11. The Morgan fingerprint density at radius 3 is 2.64 bits per heavy atom. The first-order valence-electron chi connectivity index (χ1n) is 3.74. The maximum Gasteiger partial charge on any atom is 0.310 e. The summed E-state index contributed by atoms with van der Waals surface area (Å²) in [6.45, 7) is 1.34. The van der Waals surface area contributed by atoms with Crippen LogP contribution in [0.3, 0.4) is 0 Å². The van der Waals surface area contributed by atoms with E-state index in [9.17, 15) is 9.00 Å². The van der Waals surface area contributed by atoms with Gasteiger partial charge in [0.1, 0.15) is 0 Å². The summed E-state index contributed by atoms with van der Waals surface area (Å²) in [6.07, 6.45) is 0.0404. The van der Waals surface area contributed by atoms with Crippen LogP contribution in [0.15, 0.2) is 5.11 Å². The third-order valence-electron chi connectivity index (χ3n) is 1.79. The van der Waals surface area contributed by atoms with Crippen LogP contribution in [0.5, 0.6) is 0 Å². The van der Waals surface area contributed by atoms with E-state index in [-0.39, 0.29) is 18.7 Å². The van der Waals surface area contributed by atoms with Gasteiger partial charge in [0.25, 0.3) is 0 Å². The van der Waals surface area contributed by atoms with Gasteiger partial charge in [-0.15, -0.1) is 0 Å². The molecule has 8 heteroatoms. The molecule has 0 fully saturated rings. The molecule has 80 valence electrons. The van der Waals surface area contributed by atoms with E-state index in [4.69, 9.17) is 15.2 Å². The Morgan fingerprint density at radius 1 is 1.71 bits per heavy atom. The van der Waals surface area contributed by atoms with Crippen LogP contribution in [0.1, 0.15) is 13.3 Å². The summed E-state index contributed by atoms with van der Waals surface area (Å²) in [7, 11) is 0. The summed E-state index contributed by atoms with van der Waals surface area (Å²) < 4.78 is 19.1. The second kappa shape index (κ2) is 5.58. The maximum atomic E-state index is 10.8. The van der Waals surface area contributed by atoms with Crippen molar-refractivity contribution in [3.8, 4) is 0 Å². The molecule has 0 saturated heterocycles. The van der Waals surface area contributed by atoms with Crippen LogP contribution >= 0.6 is 0 Å². The lowest BCUT2D eigenvalue weighted by Gasteiger charge is -2.21. The van der Waals surface area contributed by atoms with Crippen molar-refractivity contribution >= 4 is 17.0 Å². The average molecular weight is 221 g/mol. The first-order chi connectivity index (χ1) is 6.42. The van der Waals surface area contributed by atoms with Gasteiger partial charge in [0, 0.05) is 11.5 Å². The molecule has 0 aliphatic heterocycles. The number of rotatable bonds is 6. The molecule has 0 aromatic heterocycles. The summed E-state index contributed by atoms with van der Waals surface area (Å²) in [5.74, 6) is -1.54. The van der Waals surface area contributed by atoms with E-state index in [0.29, 0.717) is 0 Å². The highest BCUT2D eigenvalue weighted by atomic mass is 32.2. The van der Waals surface area contributed by atoms with Gasteiger partial charge in [0.15, 0.2) is 11.1 Å². The molecule has 2 N–H and O–H groups in total. The number of azide groups is 1. The highest BCUT2D eigenvalue weighted by molar-refractivity contribution is 7.79. The Labute approximate surface area is 83.0 Å². The molecule has 0 aromatic carbocycles. The fraction of sp³-hybridized carbons (Fsp3) is 0.833. The molecule has 0 aromatic rings. The van der Waals surface area contributed by atoms with Crippen LogP contribution in [0.2, 0.25) is 0 Å². The largest absolute Gasteiger partial charge is 0.481 e. The van der Waals surface area contributed by atoms with Crippen molar-refractivity contribution in [2.24, 2.45) is 10.5 Å². The lowest BCUT2D eigenvalue weighted by Crippen LogP contribution is -2.34. The normalized spacial score (nSPS) is 16.4. The quantitative estimate of drug-likeness (QED) is 0.300. The van der Waals surface area contributed by atoms with E-state index >= 15 is 0 Å². The second-order valence-corrected chi connectivity index (χ2v) is 3.97. The number of carbonyl (C=O) groups is 1. The van der Waals surface area contributed by atoms with E-state index in [1.807, 2.05) is 0 Å². The number of hydrogen-bond acceptors (Lipinski definition) is 3. The van der Waals surface area contributed by atoms with Gasteiger partial charge >= 0.3 is 5.97 Å². The minimum absolute atomic E-state index is 0.00347. The van der Waals surface area contributed by atoms with Crippen LogP contribution < -0.4 is 0 Å². The van der Waals surface area contributed by atoms with Crippen LogP contribution in [0, 0.1) is 5.41 Å². The topological polar surface area (TPSA) is 123 Å². The second-order valence-electron chi connectivity index (χ2n) is 3.04. The standard InChI is InChI=1S/C6H11N3O4S/c1-6(5(10)11,4-14(12)13)2-3-8-9-7/h2-4H2,1H3,(H,10,11)(H,12,13). The van der Waals surface area contributed by atoms with Crippen LogP contribution in [-0.4, -0.2) is 32.1 Å². The molecule has 0 aliphatic carbocycles. The monoisotopic (exact) mass is 221 g/mol. The molecule has 2 unspecified atom stereocenters. The molecule has 0 aliphatic rings. The van der Waals surface area contributed by atoms with Crippen LogP contribution in [0.4, 0.5) is 0 Å². The van der Waals surface area contributed by atoms with E-state index in [1.54, 1.807) is 0 Å². The molecule has 0 radical (unpaired) electrons. The Bertz CT molecular complexity index is 289. The molecule has 0 amide bonds. The average Bonchev–Trinajstić information content (AvgIpc) is 2.03. The minimum Gasteiger partial charge on any atom is -0.481 e. The summed E-state index contributed by atoms with van der Waals surface area (Å²) in [5.41, 5.74) is 6.66. The fourth-order valence-corrected chi connectivity index (χ4v) is 1.67. The first kappa shape index (κ1) is 12.9. The molecular formula is C6H11N3O4S. The van der Waals surface area contributed by atoms with Crippen molar-refractivity contribution in [2.45, 2.75) is 13.3 Å². The molecule has 0 spiro atoms. The minimum atomic E-state index is -2.18. The van der Waals surface area contributed by atoms with Crippen molar-refractivity contribution in [2.75, 3.05) is 12.3 Å². The third-order valence-corrected chi connectivity index (χ3v) is 2.67. The maximum absolute atomic E-state index is 10.8. The van der Waals surface area contributed by atoms with Gasteiger partial charge < -0.3 is 9.66 Å². The summed E-state index contributed by atoms with van der Waals surface area (Å²) in [5, 5.41) is 12.0. The van der Waals surface area contributed by atoms with E-state index in [2.05, 4.69) is 10.0 Å². The Kier molecular flexibility index (Phi) is 5.14. The lowest BCUT2D eigenvalue weighted by molar-refractivity contribution is -0.146. The van der Waals surface area contributed by atoms with Gasteiger partial charge in [-0.1, -0.05) is 5.11 Å². The van der Waals surface area contributed by atoms with Crippen LogP contribution in [0.25, 0.3) is 10.4 Å². The highest BCUT2D eigenvalue weighted by Gasteiger charge is 2.34. The molecular weight excluding hydrogens is 210 g/mol. The third kappa shape index (κ3) is 4.22. The predicted molar refractivity (Wildman–Crippen MR) is 50.0 cm³/mol. The van der Waals surface area contributed by atoms with E-state index in [1.165, 1.54) is 6.92 Å². The summed E-state index contributed by atoms with van der Waals surface area (Å²) in [4.78, 5) is 13.2. The first-order valence-corrected chi connectivity index (χ1v) is 5.01. The van der Waals surface area contributed by atoms with Gasteiger partial charge in [-0.05, 0) is 18.9 Å². The zero-order valence-electron chi connectivity index (χ0n) is 7.58. The number of aliphatic carboxylic acids is 1. The van der Waals surface area contributed by atoms with Crippen molar-refractivity contribution < 1.29 is 18.7 Å². The van der Waals surface area contributed by atoms with Crippen molar-refractivity contribution in [3.63, 3.8) is 0 Å². The number of carboxylic acids is 1. The molecule has 7 nitrogen and oxygen atoms in total. The van der Waals surface area contributed by atoms with Crippen molar-refractivity contribution in [1.29, 1.82) is 0 Å². The molecule has 0 heterocycles. The molecule has 0 saturated carbocycles. The van der Waals surface area contributed by atoms with Gasteiger partial charge in [-0.25, -0.2) is 4.21 Å². The zero-order valence-corrected chi connectivity index (χ0v) is 8.40. The van der Waals surface area contributed by atoms with E-state index in [0.717, 1.165) is 0 Å². The lowest BCUT2D eigenvalue weighted by atomic mass is 9.89. The molecule has 14 heavy (non-hydrogen) atoms. The molecule has 0 bridgehead atoms. The molecule has 2 atom stereocenters. The molecule has 0 rings (SSSR count). The van der Waals surface area contributed by atoms with E-state index < -0.39 is 22.5 Å². The number of nitrogens with zero attached hydrogens (tertiary/aromatic N) is 3. The fourth-order valence-electron chi connectivity index (χ4n) is 0.855. The van der Waals surface area contributed by atoms with Gasteiger partial charge in [-0.3, -0.25) is 4.79 Å². The van der Waals surface area contributed by atoms with Crippen LogP contribution in [-0.2, 0) is 15.9 Å². The van der Waals surface area contributed by atoms with Gasteiger partial charge in [0.05, 0.1) is 11.2 Å². The number of hydrogen-bond donors (Lipinski definition) is 2. The Balaban J connectivity index is 4.46. The van der Waals surface area contributed by atoms with Crippen molar-refractivity contribution in [3.05, 3.63) is 10.4 Å².